The number of benzene rings is 1. The molecule has 2 aromatic rings. The molecule has 1 aromatic carbocycles. The maximum absolute atomic E-state index is 12.3. The molecule has 3 rings (SSSR count). The fraction of sp³-hybridized carbons (Fsp3) is 0.438. The molecule has 116 valence electrons. The Morgan fingerprint density at radius 2 is 2.09 bits per heavy atom. The highest BCUT2D eigenvalue weighted by Gasteiger charge is 2.30. The van der Waals surface area contributed by atoms with E-state index >= 15 is 0 Å². The Morgan fingerprint density at radius 1 is 1.36 bits per heavy atom. The third kappa shape index (κ3) is 3.32. The average Bonchev–Trinajstić information content (AvgIpc) is 3.29. The van der Waals surface area contributed by atoms with Crippen molar-refractivity contribution in [1.29, 1.82) is 0 Å². The van der Waals surface area contributed by atoms with Crippen LogP contribution < -0.4 is 5.32 Å². The lowest BCUT2D eigenvalue weighted by Gasteiger charge is -2.12. The molecule has 1 heterocycles. The topological polar surface area (TPSA) is 59.8 Å². The minimum atomic E-state index is -0.221. The maximum atomic E-state index is 12.3. The van der Waals surface area contributed by atoms with Crippen LogP contribution in [0.3, 0.4) is 0 Å². The molecule has 1 aliphatic rings. The van der Waals surface area contributed by atoms with Crippen LogP contribution in [0.5, 0.6) is 0 Å². The second-order valence-electron chi connectivity index (χ2n) is 5.47. The van der Waals surface area contributed by atoms with Crippen LogP contribution in [0.15, 0.2) is 35.5 Å². The predicted molar refractivity (Wildman–Crippen MR) is 88.1 cm³/mol. The molecule has 1 unspecified atom stereocenters. The minimum Gasteiger partial charge on any atom is -0.325 e. The number of para-hydroxylation sites is 1. The Bertz CT molecular complexity index is 651. The quantitative estimate of drug-likeness (QED) is 0.831. The number of aromatic nitrogens is 3. The smallest absolute Gasteiger partial charge is 0.237 e. The summed E-state index contributed by atoms with van der Waals surface area (Å²) < 4.78 is 2.13. The van der Waals surface area contributed by atoms with Crippen LogP contribution in [0.25, 0.3) is 0 Å². The van der Waals surface area contributed by atoms with E-state index in [0.717, 1.165) is 23.2 Å². The van der Waals surface area contributed by atoms with Crippen molar-refractivity contribution in [3.05, 3.63) is 36.2 Å². The number of carbonyl (C=O) groups excluding carboxylic acids is 1. The summed E-state index contributed by atoms with van der Waals surface area (Å²) in [4.78, 5) is 12.3. The average molecular weight is 316 g/mol. The highest BCUT2D eigenvalue weighted by atomic mass is 32.2. The minimum absolute atomic E-state index is 0.0187. The first-order valence-electron chi connectivity index (χ1n) is 7.64. The number of hydrogen-bond donors (Lipinski definition) is 1. The van der Waals surface area contributed by atoms with Gasteiger partial charge in [0.2, 0.25) is 5.91 Å². The predicted octanol–water partition coefficient (Wildman–Crippen LogP) is 3.29. The van der Waals surface area contributed by atoms with Gasteiger partial charge in [0, 0.05) is 18.2 Å². The standard InChI is InChI=1S/C16H20N4OS/c1-3-20-14(12-9-10-12)18-19-16(20)22-11(2)15(21)17-13-7-5-4-6-8-13/h4-8,11-12H,3,9-10H2,1-2H3,(H,17,21). The van der Waals surface area contributed by atoms with E-state index in [1.807, 2.05) is 37.3 Å². The molecule has 6 heteroatoms. The van der Waals surface area contributed by atoms with Gasteiger partial charge in [-0.15, -0.1) is 10.2 Å². The molecule has 0 aliphatic heterocycles. The number of thioether (sulfide) groups is 1. The van der Waals surface area contributed by atoms with Gasteiger partial charge < -0.3 is 9.88 Å². The van der Waals surface area contributed by atoms with Crippen LogP contribution >= 0.6 is 11.8 Å². The Labute approximate surface area is 134 Å². The van der Waals surface area contributed by atoms with Gasteiger partial charge in [0.05, 0.1) is 5.25 Å². The summed E-state index contributed by atoms with van der Waals surface area (Å²) in [6.07, 6.45) is 2.40. The van der Waals surface area contributed by atoms with Crippen molar-refractivity contribution in [2.24, 2.45) is 0 Å². The van der Waals surface area contributed by atoms with Crippen molar-refractivity contribution in [3.8, 4) is 0 Å². The van der Waals surface area contributed by atoms with E-state index in [-0.39, 0.29) is 11.2 Å². The van der Waals surface area contributed by atoms with Crippen molar-refractivity contribution in [2.75, 3.05) is 5.32 Å². The second-order valence-corrected chi connectivity index (χ2v) is 6.78. The number of anilines is 1. The Morgan fingerprint density at radius 3 is 2.73 bits per heavy atom. The molecule has 22 heavy (non-hydrogen) atoms. The van der Waals surface area contributed by atoms with Gasteiger partial charge in [-0.25, -0.2) is 0 Å². The van der Waals surface area contributed by atoms with E-state index in [1.165, 1.54) is 24.6 Å². The van der Waals surface area contributed by atoms with E-state index in [9.17, 15) is 4.79 Å². The summed E-state index contributed by atoms with van der Waals surface area (Å²) >= 11 is 1.47. The normalized spacial score (nSPS) is 15.5. The van der Waals surface area contributed by atoms with E-state index in [1.54, 1.807) is 0 Å². The van der Waals surface area contributed by atoms with Crippen LogP contribution in [0.2, 0.25) is 0 Å². The summed E-state index contributed by atoms with van der Waals surface area (Å²) in [5.74, 6) is 1.62. The van der Waals surface area contributed by atoms with Gasteiger partial charge in [-0.2, -0.15) is 0 Å². The molecule has 1 fully saturated rings. The largest absolute Gasteiger partial charge is 0.325 e. The second kappa shape index (κ2) is 6.52. The third-order valence-electron chi connectivity index (χ3n) is 3.70. The molecule has 1 saturated carbocycles. The number of nitrogens with one attached hydrogen (secondary N) is 1. The zero-order valence-electron chi connectivity index (χ0n) is 12.8. The van der Waals surface area contributed by atoms with E-state index in [2.05, 4.69) is 27.0 Å². The van der Waals surface area contributed by atoms with Gasteiger partial charge in [-0.05, 0) is 38.8 Å². The first-order chi connectivity index (χ1) is 10.7. The van der Waals surface area contributed by atoms with Gasteiger partial charge in [-0.3, -0.25) is 4.79 Å². The summed E-state index contributed by atoms with van der Waals surface area (Å²) in [5, 5.41) is 12.1. The van der Waals surface area contributed by atoms with Crippen LogP contribution in [-0.4, -0.2) is 25.9 Å². The Hall–Kier alpha value is -1.82. The van der Waals surface area contributed by atoms with Crippen molar-refractivity contribution in [3.63, 3.8) is 0 Å². The molecule has 0 radical (unpaired) electrons. The number of carbonyl (C=O) groups is 1. The SMILES string of the molecule is CCn1c(SC(C)C(=O)Nc2ccccc2)nnc1C1CC1. The van der Waals surface area contributed by atoms with Crippen LogP contribution in [0.4, 0.5) is 5.69 Å². The number of rotatable bonds is 6. The van der Waals surface area contributed by atoms with Crippen molar-refractivity contribution in [2.45, 2.75) is 49.6 Å². The van der Waals surface area contributed by atoms with Crippen LogP contribution in [0.1, 0.15) is 38.4 Å². The van der Waals surface area contributed by atoms with Crippen molar-refractivity contribution < 1.29 is 4.79 Å². The van der Waals surface area contributed by atoms with Gasteiger partial charge >= 0.3 is 0 Å². The molecular weight excluding hydrogens is 296 g/mol. The van der Waals surface area contributed by atoms with Gasteiger partial charge in [0.15, 0.2) is 5.16 Å². The zero-order chi connectivity index (χ0) is 15.5. The fourth-order valence-electron chi connectivity index (χ4n) is 2.30. The Kier molecular flexibility index (Phi) is 4.47. The molecule has 1 atom stereocenters. The van der Waals surface area contributed by atoms with Crippen molar-refractivity contribution >= 4 is 23.4 Å². The molecular formula is C16H20N4OS. The lowest BCUT2D eigenvalue weighted by Crippen LogP contribution is -2.22. The maximum Gasteiger partial charge on any atom is 0.237 e. The van der Waals surface area contributed by atoms with Crippen molar-refractivity contribution in [1.82, 2.24) is 14.8 Å². The van der Waals surface area contributed by atoms with Crippen LogP contribution in [-0.2, 0) is 11.3 Å². The number of hydrogen-bond acceptors (Lipinski definition) is 4. The first kappa shape index (κ1) is 15.1. The molecule has 5 nitrogen and oxygen atoms in total. The molecule has 0 spiro atoms. The lowest BCUT2D eigenvalue weighted by atomic mass is 10.3. The zero-order valence-corrected chi connectivity index (χ0v) is 13.6. The van der Waals surface area contributed by atoms with Gasteiger partial charge in [-0.1, -0.05) is 30.0 Å². The third-order valence-corrected chi connectivity index (χ3v) is 4.78. The molecule has 0 saturated heterocycles. The van der Waals surface area contributed by atoms with E-state index in [0.29, 0.717) is 5.92 Å². The molecule has 0 bridgehead atoms. The summed E-state index contributed by atoms with van der Waals surface area (Å²) in [6, 6.07) is 9.51. The van der Waals surface area contributed by atoms with Gasteiger partial charge in [0.25, 0.3) is 0 Å². The lowest BCUT2D eigenvalue weighted by molar-refractivity contribution is -0.115. The highest BCUT2D eigenvalue weighted by molar-refractivity contribution is 8.00. The fourth-order valence-corrected chi connectivity index (χ4v) is 3.23. The molecule has 1 aromatic heterocycles. The van der Waals surface area contributed by atoms with Crippen LogP contribution in [0, 0.1) is 0 Å². The number of amides is 1. The summed E-state index contributed by atoms with van der Waals surface area (Å²) in [6.45, 7) is 4.83. The summed E-state index contributed by atoms with van der Waals surface area (Å²) in [7, 11) is 0. The first-order valence-corrected chi connectivity index (χ1v) is 8.52. The molecule has 1 amide bonds. The van der Waals surface area contributed by atoms with E-state index < -0.39 is 0 Å². The molecule has 1 aliphatic carbocycles. The monoisotopic (exact) mass is 316 g/mol. The highest BCUT2D eigenvalue weighted by Crippen LogP contribution is 2.40. The Balaban J connectivity index is 1.66. The van der Waals surface area contributed by atoms with E-state index in [4.69, 9.17) is 0 Å². The number of nitrogens with zero attached hydrogens (tertiary/aromatic N) is 3. The molecule has 1 N–H and O–H groups in total. The van der Waals surface area contributed by atoms with Gasteiger partial charge in [0.1, 0.15) is 5.82 Å². The summed E-state index contributed by atoms with van der Waals surface area (Å²) in [5.41, 5.74) is 0.815.